The molecule has 1 aromatic rings. The Balaban J connectivity index is 2.04. The number of anilines is 1. The Morgan fingerprint density at radius 3 is 2.65 bits per heavy atom. The Hall–Kier alpha value is -1.40. The molecule has 6 heteroatoms. The normalized spacial score (nSPS) is 18.2. The molecule has 1 atom stereocenters. The van der Waals surface area contributed by atoms with Crippen molar-refractivity contribution in [2.24, 2.45) is 0 Å². The summed E-state index contributed by atoms with van der Waals surface area (Å²) >= 11 is 0. The number of aliphatic hydroxyl groups is 1. The monoisotopic (exact) mass is 280 g/mol. The lowest BCUT2D eigenvalue weighted by Crippen LogP contribution is -2.45. The van der Waals surface area contributed by atoms with E-state index < -0.39 is 6.10 Å². The lowest BCUT2D eigenvalue weighted by atomic mass is 10.2. The molecule has 1 aromatic heterocycles. The second-order valence-corrected chi connectivity index (χ2v) is 5.47. The SMILES string of the molecule is CCCC(O)Cn1ncc(N2CCN(C)CC2)cc1=O. The molecule has 1 N–H and O–H groups in total. The molecule has 1 aliphatic heterocycles. The zero-order chi connectivity index (χ0) is 14.5. The summed E-state index contributed by atoms with van der Waals surface area (Å²) in [4.78, 5) is 16.5. The van der Waals surface area contributed by atoms with Crippen LogP contribution in [0.5, 0.6) is 0 Å². The molecule has 1 aliphatic rings. The molecule has 1 saturated heterocycles. The van der Waals surface area contributed by atoms with Crippen LogP contribution >= 0.6 is 0 Å². The van der Waals surface area contributed by atoms with E-state index in [9.17, 15) is 9.90 Å². The Morgan fingerprint density at radius 1 is 1.35 bits per heavy atom. The maximum Gasteiger partial charge on any atom is 0.268 e. The highest BCUT2D eigenvalue weighted by atomic mass is 16.3. The molecule has 0 bridgehead atoms. The first kappa shape index (κ1) is 15.0. The van der Waals surface area contributed by atoms with Crippen LogP contribution in [-0.2, 0) is 6.54 Å². The summed E-state index contributed by atoms with van der Waals surface area (Å²) in [6, 6.07) is 1.62. The number of nitrogens with zero attached hydrogens (tertiary/aromatic N) is 4. The van der Waals surface area contributed by atoms with Crippen molar-refractivity contribution in [3.8, 4) is 0 Å². The molecule has 112 valence electrons. The Labute approximate surface area is 119 Å². The molecule has 6 nitrogen and oxygen atoms in total. The van der Waals surface area contributed by atoms with Gasteiger partial charge in [0.05, 0.1) is 24.5 Å². The summed E-state index contributed by atoms with van der Waals surface area (Å²) < 4.78 is 1.35. The molecule has 0 radical (unpaired) electrons. The van der Waals surface area contributed by atoms with Crippen LogP contribution in [0.1, 0.15) is 19.8 Å². The average Bonchev–Trinajstić information content (AvgIpc) is 2.42. The molecular formula is C14H24N4O2. The Morgan fingerprint density at radius 2 is 2.05 bits per heavy atom. The van der Waals surface area contributed by atoms with E-state index in [2.05, 4.69) is 21.9 Å². The number of piperazine rings is 1. The maximum atomic E-state index is 12.0. The highest BCUT2D eigenvalue weighted by Gasteiger charge is 2.15. The van der Waals surface area contributed by atoms with Crippen molar-refractivity contribution >= 4 is 5.69 Å². The molecule has 0 amide bonds. The van der Waals surface area contributed by atoms with Gasteiger partial charge in [-0.25, -0.2) is 4.68 Å². The minimum absolute atomic E-state index is 0.142. The molecule has 2 rings (SSSR count). The van der Waals surface area contributed by atoms with Crippen molar-refractivity contribution in [1.29, 1.82) is 0 Å². The number of hydrogen-bond acceptors (Lipinski definition) is 5. The van der Waals surface area contributed by atoms with Crippen LogP contribution in [0.15, 0.2) is 17.1 Å². The fourth-order valence-corrected chi connectivity index (χ4v) is 2.42. The van der Waals surface area contributed by atoms with Gasteiger partial charge in [0.2, 0.25) is 0 Å². The summed E-state index contributed by atoms with van der Waals surface area (Å²) in [5.74, 6) is 0. The molecule has 1 unspecified atom stereocenters. The van der Waals surface area contributed by atoms with Crippen LogP contribution in [0.25, 0.3) is 0 Å². The van der Waals surface area contributed by atoms with Crippen LogP contribution < -0.4 is 10.5 Å². The molecule has 2 heterocycles. The van der Waals surface area contributed by atoms with Crippen LogP contribution in [-0.4, -0.2) is 59.1 Å². The van der Waals surface area contributed by atoms with Gasteiger partial charge >= 0.3 is 0 Å². The van der Waals surface area contributed by atoms with Gasteiger partial charge in [0.15, 0.2) is 0 Å². The molecule has 1 fully saturated rings. The minimum atomic E-state index is -0.500. The lowest BCUT2D eigenvalue weighted by Gasteiger charge is -2.33. The Bertz CT molecular complexity index is 480. The van der Waals surface area contributed by atoms with E-state index in [0.717, 1.165) is 38.3 Å². The Kier molecular flexibility index (Phi) is 5.14. The van der Waals surface area contributed by atoms with Crippen LogP contribution in [0.4, 0.5) is 5.69 Å². The van der Waals surface area contributed by atoms with Gasteiger partial charge in [-0.15, -0.1) is 0 Å². The zero-order valence-corrected chi connectivity index (χ0v) is 12.3. The summed E-state index contributed by atoms with van der Waals surface area (Å²) in [5.41, 5.74) is 0.737. The average molecular weight is 280 g/mol. The number of aromatic nitrogens is 2. The largest absolute Gasteiger partial charge is 0.391 e. The van der Waals surface area contributed by atoms with E-state index in [1.54, 1.807) is 12.3 Å². The predicted octanol–water partition coefficient (Wildman–Crippen LogP) is 0.156. The standard InChI is InChI=1S/C14H24N4O2/c1-3-4-13(19)11-18-14(20)9-12(10-15-18)17-7-5-16(2)6-8-17/h9-10,13,19H,3-8,11H2,1-2H3. The summed E-state index contributed by atoms with van der Waals surface area (Å²) in [5, 5.41) is 13.9. The molecule has 0 aromatic carbocycles. The van der Waals surface area contributed by atoms with Crippen molar-refractivity contribution in [3.63, 3.8) is 0 Å². The van der Waals surface area contributed by atoms with Gasteiger partial charge in [-0.05, 0) is 13.5 Å². The van der Waals surface area contributed by atoms with E-state index in [4.69, 9.17) is 0 Å². The van der Waals surface area contributed by atoms with Crippen molar-refractivity contribution in [2.45, 2.75) is 32.4 Å². The van der Waals surface area contributed by atoms with E-state index >= 15 is 0 Å². The first-order valence-electron chi connectivity index (χ1n) is 7.29. The van der Waals surface area contributed by atoms with Gasteiger partial charge in [-0.2, -0.15) is 5.10 Å². The highest BCUT2D eigenvalue weighted by molar-refractivity contribution is 5.43. The van der Waals surface area contributed by atoms with E-state index in [0.29, 0.717) is 6.42 Å². The quantitative estimate of drug-likeness (QED) is 0.832. The number of aliphatic hydroxyl groups excluding tert-OH is 1. The van der Waals surface area contributed by atoms with E-state index in [1.807, 2.05) is 6.92 Å². The van der Waals surface area contributed by atoms with Crippen LogP contribution in [0.3, 0.4) is 0 Å². The van der Waals surface area contributed by atoms with Gasteiger partial charge in [-0.3, -0.25) is 4.79 Å². The van der Waals surface area contributed by atoms with Gasteiger partial charge in [0.25, 0.3) is 5.56 Å². The van der Waals surface area contributed by atoms with Gasteiger partial charge in [0, 0.05) is 32.2 Å². The minimum Gasteiger partial charge on any atom is -0.391 e. The number of likely N-dealkylation sites (N-methyl/N-ethyl adjacent to an activating group) is 1. The third kappa shape index (κ3) is 3.80. The van der Waals surface area contributed by atoms with Gasteiger partial charge in [0.1, 0.15) is 0 Å². The molecule has 20 heavy (non-hydrogen) atoms. The van der Waals surface area contributed by atoms with Gasteiger partial charge in [-0.1, -0.05) is 13.3 Å². The van der Waals surface area contributed by atoms with Crippen molar-refractivity contribution in [2.75, 3.05) is 38.1 Å². The fraction of sp³-hybridized carbons (Fsp3) is 0.714. The molecular weight excluding hydrogens is 256 g/mol. The lowest BCUT2D eigenvalue weighted by molar-refractivity contribution is 0.137. The van der Waals surface area contributed by atoms with Crippen LogP contribution in [0.2, 0.25) is 0 Å². The first-order valence-corrected chi connectivity index (χ1v) is 7.29. The molecule has 0 aliphatic carbocycles. The predicted molar refractivity (Wildman–Crippen MR) is 79.1 cm³/mol. The maximum absolute atomic E-state index is 12.0. The third-order valence-electron chi connectivity index (χ3n) is 3.73. The summed E-state index contributed by atoms with van der Waals surface area (Å²) in [7, 11) is 2.10. The highest BCUT2D eigenvalue weighted by Crippen LogP contribution is 2.12. The van der Waals surface area contributed by atoms with Crippen molar-refractivity contribution < 1.29 is 5.11 Å². The van der Waals surface area contributed by atoms with Crippen molar-refractivity contribution in [3.05, 3.63) is 22.6 Å². The second-order valence-electron chi connectivity index (χ2n) is 5.47. The zero-order valence-electron chi connectivity index (χ0n) is 12.3. The van der Waals surface area contributed by atoms with E-state index in [1.165, 1.54) is 4.68 Å². The smallest absolute Gasteiger partial charge is 0.268 e. The van der Waals surface area contributed by atoms with E-state index in [-0.39, 0.29) is 12.1 Å². The molecule has 0 saturated carbocycles. The molecule has 0 spiro atoms. The fourth-order valence-electron chi connectivity index (χ4n) is 2.42. The number of rotatable bonds is 5. The number of hydrogen-bond donors (Lipinski definition) is 1. The third-order valence-corrected chi connectivity index (χ3v) is 3.73. The van der Waals surface area contributed by atoms with Gasteiger partial charge < -0.3 is 14.9 Å². The van der Waals surface area contributed by atoms with Crippen molar-refractivity contribution in [1.82, 2.24) is 14.7 Å². The van der Waals surface area contributed by atoms with Crippen LogP contribution in [0, 0.1) is 0 Å². The summed E-state index contributed by atoms with van der Waals surface area (Å²) in [6.45, 7) is 6.11. The second kappa shape index (κ2) is 6.85. The first-order chi connectivity index (χ1) is 9.60. The topological polar surface area (TPSA) is 61.6 Å². The summed E-state index contributed by atoms with van der Waals surface area (Å²) in [6.07, 6.45) is 2.81.